The number of aromatic nitrogens is 1. The largest absolute Gasteiger partial charge is 0.365 e. The Balaban J connectivity index is 1.95. The topological polar surface area (TPSA) is 37.3 Å². The van der Waals surface area contributed by atoms with E-state index in [0.717, 1.165) is 23.8 Å². The molecule has 1 aliphatic heterocycles. The normalized spacial score (nSPS) is 18.4. The predicted octanol–water partition coefficient (Wildman–Crippen LogP) is 1.99. The van der Waals surface area contributed by atoms with Crippen LogP contribution in [-0.2, 0) is 0 Å². The van der Waals surface area contributed by atoms with E-state index in [1.54, 1.807) is 11.3 Å². The first-order valence-electron chi connectivity index (χ1n) is 4.55. The second kappa shape index (κ2) is 3.87. The van der Waals surface area contributed by atoms with Crippen LogP contribution in [-0.4, -0.2) is 17.4 Å². The van der Waals surface area contributed by atoms with Gasteiger partial charge in [-0.25, -0.2) is 4.98 Å². The summed E-state index contributed by atoms with van der Waals surface area (Å²) in [5, 5.41) is 6.52. The number of amidine groups is 1. The smallest absolute Gasteiger partial charge is 0.115 e. The zero-order valence-corrected chi connectivity index (χ0v) is 8.47. The zero-order chi connectivity index (χ0) is 9.10. The molecule has 2 heterocycles. The van der Waals surface area contributed by atoms with Gasteiger partial charge >= 0.3 is 0 Å². The van der Waals surface area contributed by atoms with Crippen molar-refractivity contribution in [3.8, 4) is 0 Å². The van der Waals surface area contributed by atoms with E-state index in [1.165, 1.54) is 6.42 Å². The fraction of sp³-hybridized carbons (Fsp3) is 0.556. The number of hydrogen-bond acceptors (Lipinski definition) is 4. The number of aliphatic imine (C=N–C) groups is 1. The van der Waals surface area contributed by atoms with Crippen molar-refractivity contribution >= 4 is 17.2 Å². The minimum Gasteiger partial charge on any atom is -0.365 e. The predicted molar refractivity (Wildman–Crippen MR) is 55.2 cm³/mol. The van der Waals surface area contributed by atoms with Gasteiger partial charge in [-0.1, -0.05) is 0 Å². The van der Waals surface area contributed by atoms with E-state index >= 15 is 0 Å². The fourth-order valence-corrected chi connectivity index (χ4v) is 2.06. The molecule has 13 heavy (non-hydrogen) atoms. The van der Waals surface area contributed by atoms with Crippen LogP contribution >= 0.6 is 11.3 Å². The summed E-state index contributed by atoms with van der Waals surface area (Å²) in [5.41, 5.74) is 0. The van der Waals surface area contributed by atoms with E-state index in [2.05, 4.69) is 22.2 Å². The molecule has 1 aromatic heterocycles. The van der Waals surface area contributed by atoms with Gasteiger partial charge in [-0.15, -0.1) is 11.3 Å². The summed E-state index contributed by atoms with van der Waals surface area (Å²) in [4.78, 5) is 8.63. The summed E-state index contributed by atoms with van der Waals surface area (Å²) < 4.78 is 0. The first kappa shape index (κ1) is 8.69. The highest BCUT2D eigenvalue weighted by Gasteiger charge is 2.12. The molecule has 0 amide bonds. The third kappa shape index (κ3) is 2.06. The maximum atomic E-state index is 4.37. The van der Waals surface area contributed by atoms with Crippen molar-refractivity contribution < 1.29 is 0 Å². The Morgan fingerprint density at radius 2 is 2.54 bits per heavy atom. The SMILES string of the molecule is CC(NC1=NCCC1)c1nccs1. The van der Waals surface area contributed by atoms with Crippen LogP contribution in [0.25, 0.3) is 0 Å². The molecule has 0 bridgehead atoms. The Morgan fingerprint density at radius 3 is 3.15 bits per heavy atom. The number of rotatable bonds is 2. The van der Waals surface area contributed by atoms with Crippen LogP contribution in [0.3, 0.4) is 0 Å². The Labute approximate surface area is 81.9 Å². The molecule has 0 saturated heterocycles. The highest BCUT2D eigenvalue weighted by atomic mass is 32.1. The summed E-state index contributed by atoms with van der Waals surface area (Å²) in [6, 6.07) is 0.303. The highest BCUT2D eigenvalue weighted by Crippen LogP contribution is 2.15. The van der Waals surface area contributed by atoms with Gasteiger partial charge in [-0.2, -0.15) is 0 Å². The van der Waals surface area contributed by atoms with Crippen molar-refractivity contribution in [2.75, 3.05) is 6.54 Å². The van der Waals surface area contributed by atoms with Crippen LogP contribution in [0.4, 0.5) is 0 Å². The lowest BCUT2D eigenvalue weighted by atomic mass is 10.3. The monoisotopic (exact) mass is 195 g/mol. The molecule has 1 aromatic rings. The highest BCUT2D eigenvalue weighted by molar-refractivity contribution is 7.09. The molecule has 0 radical (unpaired) electrons. The molecule has 1 unspecified atom stereocenters. The van der Waals surface area contributed by atoms with Gasteiger partial charge in [0.2, 0.25) is 0 Å². The van der Waals surface area contributed by atoms with E-state index in [1.807, 2.05) is 11.6 Å². The van der Waals surface area contributed by atoms with Crippen LogP contribution in [0.2, 0.25) is 0 Å². The third-order valence-electron chi connectivity index (χ3n) is 2.08. The van der Waals surface area contributed by atoms with Crippen molar-refractivity contribution in [1.29, 1.82) is 0 Å². The first-order chi connectivity index (χ1) is 6.36. The Bertz CT molecular complexity index is 292. The van der Waals surface area contributed by atoms with Crippen LogP contribution in [0.15, 0.2) is 16.6 Å². The molecular formula is C9H13N3S. The minimum absolute atomic E-state index is 0.303. The van der Waals surface area contributed by atoms with Gasteiger partial charge in [0.25, 0.3) is 0 Å². The zero-order valence-electron chi connectivity index (χ0n) is 7.66. The van der Waals surface area contributed by atoms with Crippen LogP contribution < -0.4 is 5.32 Å². The number of nitrogens with zero attached hydrogens (tertiary/aromatic N) is 2. The molecule has 1 aliphatic rings. The van der Waals surface area contributed by atoms with Crippen LogP contribution in [0.5, 0.6) is 0 Å². The summed E-state index contributed by atoms with van der Waals surface area (Å²) >= 11 is 1.69. The number of nitrogens with one attached hydrogen (secondary N) is 1. The molecule has 0 aromatic carbocycles. The average molecular weight is 195 g/mol. The molecule has 1 atom stereocenters. The molecular weight excluding hydrogens is 182 g/mol. The minimum atomic E-state index is 0.303. The first-order valence-corrected chi connectivity index (χ1v) is 5.43. The third-order valence-corrected chi connectivity index (χ3v) is 3.04. The van der Waals surface area contributed by atoms with Crippen molar-refractivity contribution in [2.45, 2.75) is 25.8 Å². The summed E-state index contributed by atoms with van der Waals surface area (Å²) in [5.74, 6) is 1.14. The molecule has 70 valence electrons. The van der Waals surface area contributed by atoms with Gasteiger partial charge in [-0.3, -0.25) is 4.99 Å². The van der Waals surface area contributed by atoms with Crippen molar-refractivity contribution in [3.05, 3.63) is 16.6 Å². The molecule has 3 nitrogen and oxygen atoms in total. The maximum Gasteiger partial charge on any atom is 0.115 e. The fourth-order valence-electron chi connectivity index (χ4n) is 1.42. The summed E-state index contributed by atoms with van der Waals surface area (Å²) in [6.07, 6.45) is 4.12. The van der Waals surface area contributed by atoms with Gasteiger partial charge in [-0.05, 0) is 13.3 Å². The van der Waals surface area contributed by atoms with E-state index in [9.17, 15) is 0 Å². The average Bonchev–Trinajstić information content (AvgIpc) is 2.74. The second-order valence-corrected chi connectivity index (χ2v) is 4.09. The van der Waals surface area contributed by atoms with Gasteiger partial charge in [0, 0.05) is 24.5 Å². The van der Waals surface area contributed by atoms with E-state index in [4.69, 9.17) is 0 Å². The van der Waals surface area contributed by atoms with Crippen LogP contribution in [0, 0.1) is 0 Å². The molecule has 0 fully saturated rings. The van der Waals surface area contributed by atoms with Crippen molar-refractivity contribution in [1.82, 2.24) is 10.3 Å². The molecule has 1 N–H and O–H groups in total. The van der Waals surface area contributed by atoms with E-state index < -0.39 is 0 Å². The van der Waals surface area contributed by atoms with Crippen molar-refractivity contribution in [2.24, 2.45) is 4.99 Å². The number of thiazole rings is 1. The molecule has 0 spiro atoms. The molecule has 4 heteroatoms. The standard InChI is InChI=1S/C9H13N3S/c1-7(9-11-5-6-13-9)12-8-3-2-4-10-8/h5-7H,2-4H2,1H3,(H,10,12). The molecule has 2 rings (SSSR count). The Hall–Kier alpha value is -0.900. The maximum absolute atomic E-state index is 4.37. The lowest BCUT2D eigenvalue weighted by Gasteiger charge is -2.11. The summed E-state index contributed by atoms with van der Waals surface area (Å²) in [6.45, 7) is 3.10. The van der Waals surface area contributed by atoms with Gasteiger partial charge < -0.3 is 5.32 Å². The quantitative estimate of drug-likeness (QED) is 0.783. The summed E-state index contributed by atoms with van der Waals surface area (Å²) in [7, 11) is 0. The molecule has 0 saturated carbocycles. The lowest BCUT2D eigenvalue weighted by molar-refractivity contribution is 0.703. The lowest BCUT2D eigenvalue weighted by Crippen LogP contribution is -2.24. The van der Waals surface area contributed by atoms with E-state index in [-0.39, 0.29) is 0 Å². The second-order valence-electron chi connectivity index (χ2n) is 3.17. The van der Waals surface area contributed by atoms with Gasteiger partial charge in [0.1, 0.15) is 5.01 Å². The van der Waals surface area contributed by atoms with E-state index in [0.29, 0.717) is 6.04 Å². The Kier molecular flexibility index (Phi) is 2.59. The Morgan fingerprint density at radius 1 is 1.62 bits per heavy atom. The van der Waals surface area contributed by atoms with Gasteiger partial charge in [0.05, 0.1) is 11.9 Å². The number of hydrogen-bond donors (Lipinski definition) is 1. The van der Waals surface area contributed by atoms with Crippen LogP contribution in [0.1, 0.15) is 30.8 Å². The molecule has 0 aliphatic carbocycles. The van der Waals surface area contributed by atoms with Gasteiger partial charge in [0.15, 0.2) is 0 Å². The van der Waals surface area contributed by atoms with Crippen molar-refractivity contribution in [3.63, 3.8) is 0 Å².